The summed E-state index contributed by atoms with van der Waals surface area (Å²) in [6.45, 7) is 4.95. The van der Waals surface area contributed by atoms with Crippen molar-refractivity contribution in [2.24, 2.45) is 13.0 Å². The number of aromatic amines is 1. The molecule has 1 N–H and O–H groups in total. The van der Waals surface area contributed by atoms with Crippen molar-refractivity contribution in [1.29, 1.82) is 0 Å². The van der Waals surface area contributed by atoms with Crippen LogP contribution in [0.3, 0.4) is 0 Å². The van der Waals surface area contributed by atoms with Crippen molar-refractivity contribution in [3.63, 3.8) is 0 Å². The van der Waals surface area contributed by atoms with Gasteiger partial charge in [0, 0.05) is 13.6 Å². The molecular weight excluding hydrogens is 224 g/mol. The van der Waals surface area contributed by atoms with E-state index in [1.165, 1.54) is 0 Å². The van der Waals surface area contributed by atoms with E-state index in [0.29, 0.717) is 21.9 Å². The Hall–Kier alpha value is -1.43. The largest absolute Gasteiger partial charge is 0.328 e. The highest BCUT2D eigenvalue weighted by molar-refractivity contribution is 7.71. The van der Waals surface area contributed by atoms with Gasteiger partial charge in [0.1, 0.15) is 0 Å². The Morgan fingerprint density at radius 1 is 1.56 bits per heavy atom. The van der Waals surface area contributed by atoms with Gasteiger partial charge >= 0.3 is 0 Å². The number of H-pyrrole nitrogens is 1. The second-order valence-corrected chi connectivity index (χ2v) is 4.68. The van der Waals surface area contributed by atoms with E-state index >= 15 is 0 Å². The molecule has 86 valence electrons. The molecule has 0 unspecified atom stereocenters. The van der Waals surface area contributed by atoms with Gasteiger partial charge in [0.25, 0.3) is 5.56 Å². The first-order chi connectivity index (χ1) is 7.50. The van der Waals surface area contributed by atoms with Crippen molar-refractivity contribution < 1.29 is 0 Å². The smallest absolute Gasteiger partial charge is 0.277 e. The summed E-state index contributed by atoms with van der Waals surface area (Å²) in [7, 11) is 1.80. The molecule has 5 nitrogen and oxygen atoms in total. The summed E-state index contributed by atoms with van der Waals surface area (Å²) in [5.74, 6) is 0.447. The van der Waals surface area contributed by atoms with Crippen molar-refractivity contribution >= 4 is 23.4 Å². The quantitative estimate of drug-likeness (QED) is 0.806. The van der Waals surface area contributed by atoms with Gasteiger partial charge in [-0.25, -0.2) is 4.98 Å². The molecule has 2 aromatic rings. The van der Waals surface area contributed by atoms with Crippen LogP contribution in [0.4, 0.5) is 0 Å². The molecule has 0 radical (unpaired) electrons. The number of hydrogen-bond donors (Lipinski definition) is 1. The number of aryl methyl sites for hydroxylation is 1. The van der Waals surface area contributed by atoms with Crippen LogP contribution in [0, 0.1) is 10.7 Å². The molecule has 0 aliphatic carbocycles. The van der Waals surface area contributed by atoms with Crippen molar-refractivity contribution in [3.8, 4) is 0 Å². The number of rotatable bonds is 2. The number of nitrogens with zero attached hydrogens (tertiary/aromatic N) is 3. The van der Waals surface area contributed by atoms with E-state index < -0.39 is 0 Å². The van der Waals surface area contributed by atoms with Gasteiger partial charge in [-0.05, 0) is 18.1 Å². The van der Waals surface area contributed by atoms with Crippen LogP contribution in [-0.2, 0) is 13.6 Å². The van der Waals surface area contributed by atoms with Gasteiger partial charge in [0.2, 0.25) is 0 Å². The molecule has 0 saturated carbocycles. The van der Waals surface area contributed by atoms with E-state index in [2.05, 4.69) is 23.8 Å². The third-order valence-electron chi connectivity index (χ3n) is 2.40. The van der Waals surface area contributed by atoms with Crippen LogP contribution in [0.25, 0.3) is 11.2 Å². The normalized spacial score (nSPS) is 11.5. The lowest BCUT2D eigenvalue weighted by Crippen LogP contribution is -2.17. The van der Waals surface area contributed by atoms with Gasteiger partial charge in [-0.15, -0.1) is 0 Å². The topological polar surface area (TPSA) is 55.6 Å². The first-order valence-electron chi connectivity index (χ1n) is 5.15. The minimum atomic E-state index is -0.181. The van der Waals surface area contributed by atoms with Crippen LogP contribution in [0.1, 0.15) is 13.8 Å². The van der Waals surface area contributed by atoms with E-state index in [-0.39, 0.29) is 5.56 Å². The van der Waals surface area contributed by atoms with E-state index in [0.717, 1.165) is 6.54 Å². The monoisotopic (exact) mass is 238 g/mol. The molecule has 6 heteroatoms. The van der Waals surface area contributed by atoms with Gasteiger partial charge in [-0.2, -0.15) is 0 Å². The zero-order chi connectivity index (χ0) is 11.9. The number of aromatic nitrogens is 4. The summed E-state index contributed by atoms with van der Waals surface area (Å²) in [6, 6.07) is 0. The molecule has 0 spiro atoms. The first-order valence-corrected chi connectivity index (χ1v) is 5.55. The van der Waals surface area contributed by atoms with Crippen LogP contribution < -0.4 is 5.56 Å². The fraction of sp³-hybridized carbons (Fsp3) is 0.500. The van der Waals surface area contributed by atoms with E-state index in [9.17, 15) is 4.79 Å². The van der Waals surface area contributed by atoms with Crippen molar-refractivity contribution in [2.75, 3.05) is 0 Å². The summed E-state index contributed by atoms with van der Waals surface area (Å²) >= 11 is 5.15. The van der Waals surface area contributed by atoms with Crippen LogP contribution in [0.2, 0.25) is 0 Å². The average Bonchev–Trinajstić information content (AvgIpc) is 2.55. The van der Waals surface area contributed by atoms with Gasteiger partial charge in [0.05, 0.1) is 6.33 Å². The summed E-state index contributed by atoms with van der Waals surface area (Å²) in [4.78, 5) is 18.6. The highest BCUT2D eigenvalue weighted by Crippen LogP contribution is 2.09. The lowest BCUT2D eigenvalue weighted by Gasteiger charge is -2.10. The van der Waals surface area contributed by atoms with Gasteiger partial charge < -0.3 is 9.13 Å². The molecule has 16 heavy (non-hydrogen) atoms. The molecule has 0 aromatic carbocycles. The summed E-state index contributed by atoms with van der Waals surface area (Å²) < 4.78 is 4.01. The summed E-state index contributed by atoms with van der Waals surface area (Å²) in [6.07, 6.45) is 1.63. The summed E-state index contributed by atoms with van der Waals surface area (Å²) in [5, 5.41) is 0. The standard InChI is InChI=1S/C10H14N4OS/c1-6(2)4-14-8-7(13(3)5-11-8)9(15)12-10(14)16/h5-6H,4H2,1-3H3,(H,12,15,16). The van der Waals surface area contributed by atoms with Gasteiger partial charge in [0.15, 0.2) is 15.9 Å². The molecule has 0 bridgehead atoms. The number of nitrogens with one attached hydrogen (secondary N) is 1. The molecule has 2 aromatic heterocycles. The Labute approximate surface area is 97.7 Å². The predicted octanol–water partition coefficient (Wildman–Crippen LogP) is 1.45. The molecule has 0 aliphatic rings. The number of hydrogen-bond acceptors (Lipinski definition) is 3. The maximum Gasteiger partial charge on any atom is 0.277 e. The lowest BCUT2D eigenvalue weighted by molar-refractivity contribution is 0.520. The molecule has 0 saturated heterocycles. The summed E-state index contributed by atoms with van der Waals surface area (Å²) in [5.41, 5.74) is 1.04. The minimum Gasteiger partial charge on any atom is -0.328 e. The maximum absolute atomic E-state index is 11.7. The Bertz CT molecular complexity index is 634. The second kappa shape index (κ2) is 3.86. The zero-order valence-corrected chi connectivity index (χ0v) is 10.3. The van der Waals surface area contributed by atoms with Crippen LogP contribution in [0.5, 0.6) is 0 Å². The lowest BCUT2D eigenvalue weighted by atomic mass is 10.2. The molecule has 0 fully saturated rings. The van der Waals surface area contributed by atoms with Crippen molar-refractivity contribution in [3.05, 3.63) is 21.5 Å². The fourth-order valence-corrected chi connectivity index (χ4v) is 1.99. The fourth-order valence-electron chi connectivity index (χ4n) is 1.73. The van der Waals surface area contributed by atoms with Gasteiger partial charge in [-0.3, -0.25) is 9.78 Å². The van der Waals surface area contributed by atoms with E-state index in [4.69, 9.17) is 12.2 Å². The number of imidazole rings is 1. The molecule has 0 atom stereocenters. The Kier molecular flexibility index (Phi) is 2.67. The van der Waals surface area contributed by atoms with Crippen LogP contribution in [0.15, 0.2) is 11.1 Å². The third-order valence-corrected chi connectivity index (χ3v) is 2.72. The Morgan fingerprint density at radius 2 is 2.25 bits per heavy atom. The van der Waals surface area contributed by atoms with E-state index in [1.807, 2.05) is 4.57 Å². The highest BCUT2D eigenvalue weighted by atomic mass is 32.1. The van der Waals surface area contributed by atoms with Crippen molar-refractivity contribution in [1.82, 2.24) is 19.1 Å². The van der Waals surface area contributed by atoms with Crippen molar-refractivity contribution in [2.45, 2.75) is 20.4 Å². The van der Waals surface area contributed by atoms with Gasteiger partial charge in [-0.1, -0.05) is 13.8 Å². The van der Waals surface area contributed by atoms with E-state index in [1.54, 1.807) is 17.9 Å². The molecule has 2 rings (SSSR count). The molecular formula is C10H14N4OS. The SMILES string of the molecule is CC(C)Cn1c(=S)[nH]c(=O)c2c1ncn2C. The number of fused-ring (bicyclic) bond motifs is 1. The zero-order valence-electron chi connectivity index (χ0n) is 9.52. The minimum absolute atomic E-state index is 0.181. The van der Waals surface area contributed by atoms with Crippen LogP contribution >= 0.6 is 12.2 Å². The third kappa shape index (κ3) is 1.69. The first kappa shape index (κ1) is 11.1. The molecule has 0 amide bonds. The second-order valence-electron chi connectivity index (χ2n) is 4.29. The Morgan fingerprint density at radius 3 is 2.88 bits per heavy atom. The Balaban J connectivity index is 2.83. The average molecular weight is 238 g/mol. The maximum atomic E-state index is 11.7. The highest BCUT2D eigenvalue weighted by Gasteiger charge is 2.10. The van der Waals surface area contributed by atoms with Crippen LogP contribution in [-0.4, -0.2) is 19.1 Å². The molecule has 2 heterocycles. The molecule has 0 aliphatic heterocycles. The predicted molar refractivity (Wildman–Crippen MR) is 65.0 cm³/mol.